The molecule has 0 saturated heterocycles. The Morgan fingerprint density at radius 2 is 1.49 bits per heavy atom. The van der Waals surface area contributed by atoms with Crippen molar-refractivity contribution in [3.63, 3.8) is 0 Å². The fourth-order valence-electron chi connectivity index (χ4n) is 3.76. The molecule has 0 radical (unpaired) electrons. The zero-order valence-electron chi connectivity index (χ0n) is 18.7. The van der Waals surface area contributed by atoms with Crippen molar-refractivity contribution in [1.82, 2.24) is 0 Å². The van der Waals surface area contributed by atoms with Crippen LogP contribution in [0.25, 0.3) is 28.4 Å². The Bertz CT molecular complexity index is 1410. The highest BCUT2D eigenvalue weighted by Gasteiger charge is 2.17. The minimum Gasteiger partial charge on any atom is -0.456 e. The summed E-state index contributed by atoms with van der Waals surface area (Å²) < 4.78 is 45.8. The highest BCUT2D eigenvalue weighted by Crippen LogP contribution is 2.37. The molecule has 1 aromatic heterocycles. The van der Waals surface area contributed by atoms with Crippen LogP contribution in [0.2, 0.25) is 0 Å². The highest BCUT2D eigenvalue weighted by molar-refractivity contribution is 5.91. The number of para-hydroxylation sites is 2. The largest absolute Gasteiger partial charge is 0.456 e. The van der Waals surface area contributed by atoms with Gasteiger partial charge in [0.05, 0.1) is 5.39 Å². The molecule has 0 bridgehead atoms. The topological polar surface area (TPSA) is 113 Å². The summed E-state index contributed by atoms with van der Waals surface area (Å²) in [4.78, 5) is 0. The lowest BCUT2D eigenvalue weighted by molar-refractivity contribution is -2.00. The fourth-order valence-corrected chi connectivity index (χ4v) is 3.76. The average Bonchev–Trinajstić information content (AvgIpc) is 2.84. The molecule has 0 saturated carbocycles. The number of halogens is 1. The van der Waals surface area contributed by atoms with Crippen molar-refractivity contribution in [2.45, 2.75) is 6.92 Å². The molecule has 176 valence electrons. The predicted octanol–water partition coefficient (Wildman–Crippen LogP) is 2.88. The minimum absolute atomic E-state index is 0.859. The van der Waals surface area contributed by atoms with Crippen LogP contribution >= 0.6 is 0 Å². The summed E-state index contributed by atoms with van der Waals surface area (Å²) in [6, 6.07) is 28.5. The summed E-state index contributed by atoms with van der Waals surface area (Å²) in [5.74, 6) is 1.74. The first-order valence-electron chi connectivity index (χ1n) is 10.6. The second-order valence-corrected chi connectivity index (χ2v) is 8.47. The molecule has 0 amide bonds. The second-order valence-electron chi connectivity index (χ2n) is 7.71. The first-order chi connectivity index (χ1) is 16.8. The molecule has 3 aromatic carbocycles. The first-order valence-corrected chi connectivity index (χ1v) is 11.9. The average molecular weight is 489 g/mol. The van der Waals surface area contributed by atoms with Gasteiger partial charge in [-0.2, -0.15) is 0 Å². The molecule has 0 atom stereocenters. The second kappa shape index (κ2) is 10.7. The SMILES string of the molecule is CC(=C/c1cc[o+]c2ccccc12)/C=C1\C=C(c2ccccc2)Oc2ccccc21.[O-][Cl+3]([O-])([O-])[O-]. The summed E-state index contributed by atoms with van der Waals surface area (Å²) >= 11 is 0. The third kappa shape index (κ3) is 6.64. The van der Waals surface area contributed by atoms with E-state index in [0.717, 1.165) is 50.3 Å². The van der Waals surface area contributed by atoms with Gasteiger partial charge in [0.15, 0.2) is 0 Å². The van der Waals surface area contributed by atoms with Crippen LogP contribution in [-0.4, -0.2) is 0 Å². The van der Waals surface area contributed by atoms with Gasteiger partial charge in [-0.25, -0.2) is 23.1 Å². The molecule has 4 aromatic rings. The van der Waals surface area contributed by atoms with Crippen LogP contribution in [0.4, 0.5) is 0 Å². The Morgan fingerprint density at radius 1 is 0.829 bits per heavy atom. The lowest BCUT2D eigenvalue weighted by Crippen LogP contribution is -2.68. The maximum Gasteiger partial charge on any atom is 0.360 e. The Labute approximate surface area is 204 Å². The lowest BCUT2D eigenvalue weighted by atomic mass is 9.97. The van der Waals surface area contributed by atoms with Crippen molar-refractivity contribution in [3.05, 3.63) is 126 Å². The Balaban J connectivity index is 0.000000527. The molecule has 6 nitrogen and oxygen atoms in total. The zero-order valence-corrected chi connectivity index (χ0v) is 19.5. The van der Waals surface area contributed by atoms with E-state index in [1.54, 1.807) is 6.26 Å². The Morgan fingerprint density at radius 3 is 2.26 bits per heavy atom. The third-order valence-corrected chi connectivity index (χ3v) is 5.17. The number of rotatable bonds is 3. The van der Waals surface area contributed by atoms with Crippen LogP contribution in [0.5, 0.6) is 5.75 Å². The van der Waals surface area contributed by atoms with E-state index >= 15 is 0 Å². The van der Waals surface area contributed by atoms with Crippen LogP contribution in [0.3, 0.4) is 0 Å². The molecule has 0 fully saturated rings. The van der Waals surface area contributed by atoms with E-state index in [4.69, 9.17) is 27.8 Å². The summed E-state index contributed by atoms with van der Waals surface area (Å²) in [5.41, 5.74) is 6.47. The standard InChI is InChI=1S/C28H21O2.ClHO4/c1-20(17-22-15-16-29-26-13-7-5-11-24(22)26)18-23-19-28(21-9-3-2-4-10-21)30-27-14-8-6-12-25(23)27;2-1(3,4)5/h2-19H,1H3;(H,2,3,4,5)/q+1;/p-1. The van der Waals surface area contributed by atoms with Gasteiger partial charge in [-0.1, -0.05) is 72.8 Å². The summed E-state index contributed by atoms with van der Waals surface area (Å²) in [7, 11) is -4.94. The van der Waals surface area contributed by atoms with Crippen molar-refractivity contribution in [2.75, 3.05) is 0 Å². The monoisotopic (exact) mass is 488 g/mol. The van der Waals surface area contributed by atoms with Gasteiger partial charge in [0, 0.05) is 28.8 Å². The third-order valence-electron chi connectivity index (χ3n) is 5.17. The van der Waals surface area contributed by atoms with Crippen LogP contribution in [0.1, 0.15) is 23.6 Å². The molecule has 2 heterocycles. The van der Waals surface area contributed by atoms with Crippen LogP contribution in [-0.2, 0) is 0 Å². The number of hydrogen-bond acceptors (Lipinski definition) is 5. The molecule has 5 rings (SSSR count). The van der Waals surface area contributed by atoms with E-state index in [1.165, 1.54) is 0 Å². The van der Waals surface area contributed by atoms with Gasteiger partial charge < -0.3 is 4.74 Å². The number of hydrogen-bond donors (Lipinski definition) is 0. The fraction of sp³-hybridized carbons (Fsp3) is 0.0357. The highest BCUT2D eigenvalue weighted by atomic mass is 35.7. The number of ether oxygens (including phenoxy) is 1. The van der Waals surface area contributed by atoms with Crippen molar-refractivity contribution >= 4 is 28.4 Å². The van der Waals surface area contributed by atoms with E-state index < -0.39 is 10.2 Å². The Hall–Kier alpha value is -3.78. The molecule has 7 heteroatoms. The summed E-state index contributed by atoms with van der Waals surface area (Å²) in [6.07, 6.45) is 8.27. The van der Waals surface area contributed by atoms with E-state index in [-0.39, 0.29) is 0 Å². The molecule has 1 aliphatic rings. The number of allylic oxidation sites excluding steroid dienone is 4. The number of benzene rings is 3. The van der Waals surface area contributed by atoms with Gasteiger partial charge in [0.2, 0.25) is 0 Å². The molecule has 0 unspecified atom stereocenters. The quantitative estimate of drug-likeness (QED) is 0.410. The van der Waals surface area contributed by atoms with Crippen molar-refractivity contribution in [3.8, 4) is 5.75 Å². The molecule has 0 aliphatic carbocycles. The summed E-state index contributed by atoms with van der Waals surface area (Å²) in [5, 5.41) is 1.10. The van der Waals surface area contributed by atoms with Gasteiger partial charge >= 0.3 is 11.8 Å². The van der Waals surface area contributed by atoms with Crippen molar-refractivity contribution in [1.29, 1.82) is 0 Å². The van der Waals surface area contributed by atoms with Crippen LogP contribution in [0, 0.1) is 10.2 Å². The molecule has 0 spiro atoms. The summed E-state index contributed by atoms with van der Waals surface area (Å²) in [6.45, 7) is 2.13. The van der Waals surface area contributed by atoms with Crippen molar-refractivity contribution in [2.24, 2.45) is 0 Å². The maximum atomic E-state index is 8.49. The van der Waals surface area contributed by atoms with Gasteiger partial charge in [0.25, 0.3) is 0 Å². The molecule has 1 aliphatic heterocycles. The predicted molar refractivity (Wildman–Crippen MR) is 124 cm³/mol. The van der Waals surface area contributed by atoms with Gasteiger partial charge in [0.1, 0.15) is 11.5 Å². The number of fused-ring (bicyclic) bond motifs is 2. The minimum atomic E-state index is -4.94. The maximum absolute atomic E-state index is 8.49. The van der Waals surface area contributed by atoms with E-state index in [0.29, 0.717) is 0 Å². The molecular formula is C28H21ClO6. The normalized spacial score (nSPS) is 14.5. The Kier molecular flexibility index (Phi) is 7.41. The lowest BCUT2D eigenvalue weighted by Gasteiger charge is -2.20. The van der Waals surface area contributed by atoms with Crippen LogP contribution in [0.15, 0.2) is 113 Å². The molecular weight excluding hydrogens is 468 g/mol. The van der Waals surface area contributed by atoms with E-state index in [2.05, 4.69) is 49.4 Å². The molecule has 0 N–H and O–H groups in total. The smallest absolute Gasteiger partial charge is 0.360 e. The first kappa shape index (κ1) is 24.3. The van der Waals surface area contributed by atoms with E-state index in [9.17, 15) is 0 Å². The van der Waals surface area contributed by atoms with Gasteiger partial charge in [-0.15, -0.1) is 10.2 Å². The zero-order chi connectivity index (χ0) is 24.8. The van der Waals surface area contributed by atoms with Gasteiger partial charge in [-0.3, -0.25) is 0 Å². The van der Waals surface area contributed by atoms with E-state index in [1.807, 2.05) is 60.7 Å². The van der Waals surface area contributed by atoms with Crippen molar-refractivity contribution < 1.29 is 38.0 Å². The van der Waals surface area contributed by atoms with Crippen LogP contribution < -0.4 is 23.4 Å². The van der Waals surface area contributed by atoms with Gasteiger partial charge in [-0.05, 0) is 36.3 Å². The molecule has 35 heavy (non-hydrogen) atoms.